The zero-order valence-electron chi connectivity index (χ0n) is 14.7. The number of carbonyl (C=O) groups is 3. The first-order chi connectivity index (χ1) is 11.9. The van der Waals surface area contributed by atoms with Crippen LogP contribution in [0.3, 0.4) is 0 Å². The van der Waals surface area contributed by atoms with Crippen LogP contribution in [0.1, 0.15) is 33.5 Å². The fourth-order valence-corrected chi connectivity index (χ4v) is 3.38. The molecule has 0 unspecified atom stereocenters. The van der Waals surface area contributed by atoms with Gasteiger partial charge in [-0.3, -0.25) is 14.4 Å². The standard InChI is InChI=1S/C18H23N3O3S/c1-4-19-17(23)18(24)20-11-16(22)15-10-12(2)21(13(15)3)8-7-14-6-5-9-25-14/h5-6,9-10H,4,7-8,11H2,1-3H3,(H,19,23)(H,20,24). The number of Topliss-reactive ketones (excluding diaryl/α,β-unsaturated/α-hetero) is 1. The third-order valence-corrected chi connectivity index (χ3v) is 4.93. The largest absolute Gasteiger partial charge is 0.348 e. The number of nitrogens with zero attached hydrogens (tertiary/aromatic N) is 1. The molecule has 2 amide bonds. The Bertz CT molecular complexity index is 763. The van der Waals surface area contributed by atoms with E-state index in [1.165, 1.54) is 4.88 Å². The van der Waals surface area contributed by atoms with Crippen LogP contribution < -0.4 is 10.6 Å². The fourth-order valence-electron chi connectivity index (χ4n) is 2.68. The molecule has 7 heteroatoms. The molecular weight excluding hydrogens is 338 g/mol. The van der Waals surface area contributed by atoms with Crippen LogP contribution in [0.25, 0.3) is 0 Å². The second-order valence-corrected chi connectivity index (χ2v) is 6.76. The van der Waals surface area contributed by atoms with Crippen molar-refractivity contribution in [2.45, 2.75) is 33.7 Å². The fraction of sp³-hybridized carbons (Fsp3) is 0.389. The minimum absolute atomic E-state index is 0.189. The van der Waals surface area contributed by atoms with Gasteiger partial charge in [-0.2, -0.15) is 0 Å². The van der Waals surface area contributed by atoms with E-state index in [1.807, 2.05) is 26.0 Å². The van der Waals surface area contributed by atoms with Crippen LogP contribution >= 0.6 is 11.3 Å². The average Bonchev–Trinajstić information content (AvgIpc) is 3.19. The summed E-state index contributed by atoms with van der Waals surface area (Å²) in [6.07, 6.45) is 0.912. The molecule has 0 aliphatic heterocycles. The maximum atomic E-state index is 12.4. The minimum Gasteiger partial charge on any atom is -0.348 e. The third-order valence-electron chi connectivity index (χ3n) is 3.99. The highest BCUT2D eigenvalue weighted by Gasteiger charge is 2.18. The van der Waals surface area contributed by atoms with Gasteiger partial charge in [0.2, 0.25) is 0 Å². The summed E-state index contributed by atoms with van der Waals surface area (Å²) >= 11 is 1.72. The molecule has 2 N–H and O–H groups in total. The Kier molecular flexibility index (Phi) is 6.52. The summed E-state index contributed by atoms with van der Waals surface area (Å²) in [4.78, 5) is 36.6. The van der Waals surface area contributed by atoms with Gasteiger partial charge in [0.1, 0.15) is 0 Å². The number of hydrogen-bond donors (Lipinski definition) is 2. The molecule has 2 heterocycles. The second-order valence-electron chi connectivity index (χ2n) is 5.73. The van der Waals surface area contributed by atoms with E-state index in [9.17, 15) is 14.4 Å². The van der Waals surface area contributed by atoms with Gasteiger partial charge < -0.3 is 15.2 Å². The number of aromatic nitrogens is 1. The first-order valence-electron chi connectivity index (χ1n) is 8.22. The number of carbonyl (C=O) groups excluding carboxylic acids is 3. The van der Waals surface area contributed by atoms with Gasteiger partial charge in [-0.15, -0.1) is 11.3 Å². The summed E-state index contributed by atoms with van der Waals surface area (Å²) in [5.41, 5.74) is 2.47. The molecular formula is C18H23N3O3S. The number of amides is 2. The quantitative estimate of drug-likeness (QED) is 0.583. The molecule has 0 bridgehead atoms. The Hall–Kier alpha value is -2.41. The number of nitrogens with one attached hydrogen (secondary N) is 2. The molecule has 2 aromatic rings. The zero-order valence-corrected chi connectivity index (χ0v) is 15.5. The molecule has 0 radical (unpaired) electrons. The first kappa shape index (κ1) is 18.9. The molecule has 2 rings (SSSR count). The lowest BCUT2D eigenvalue weighted by atomic mass is 10.1. The van der Waals surface area contributed by atoms with Crippen molar-refractivity contribution in [2.24, 2.45) is 0 Å². The van der Waals surface area contributed by atoms with Gasteiger partial charge in [0, 0.05) is 34.9 Å². The van der Waals surface area contributed by atoms with Gasteiger partial charge in [0.15, 0.2) is 5.78 Å². The van der Waals surface area contributed by atoms with E-state index in [4.69, 9.17) is 0 Å². The SMILES string of the molecule is CCNC(=O)C(=O)NCC(=O)c1cc(C)n(CCc2cccs2)c1C. The minimum atomic E-state index is -0.790. The number of aryl methyl sites for hydroxylation is 2. The molecule has 0 aliphatic rings. The van der Waals surface area contributed by atoms with Gasteiger partial charge in [0.05, 0.1) is 6.54 Å². The van der Waals surface area contributed by atoms with E-state index in [0.29, 0.717) is 12.1 Å². The Morgan fingerprint density at radius 1 is 1.16 bits per heavy atom. The predicted molar refractivity (Wildman–Crippen MR) is 98.0 cm³/mol. The van der Waals surface area contributed by atoms with Crippen molar-refractivity contribution in [3.8, 4) is 0 Å². The highest BCUT2D eigenvalue weighted by atomic mass is 32.1. The average molecular weight is 361 g/mol. The van der Waals surface area contributed by atoms with Crippen LogP contribution in [0.15, 0.2) is 23.6 Å². The van der Waals surface area contributed by atoms with E-state index < -0.39 is 11.8 Å². The number of likely N-dealkylation sites (N-methyl/N-ethyl adjacent to an activating group) is 1. The van der Waals surface area contributed by atoms with Crippen molar-refractivity contribution in [3.05, 3.63) is 45.4 Å². The molecule has 0 saturated carbocycles. The Morgan fingerprint density at radius 3 is 2.52 bits per heavy atom. The van der Waals surface area contributed by atoms with E-state index >= 15 is 0 Å². The van der Waals surface area contributed by atoms with Crippen LogP contribution in [-0.2, 0) is 22.6 Å². The third kappa shape index (κ3) is 4.79. The van der Waals surface area contributed by atoms with Gasteiger partial charge in [-0.1, -0.05) is 6.07 Å². The van der Waals surface area contributed by atoms with Crippen LogP contribution in [0.5, 0.6) is 0 Å². The molecule has 0 fully saturated rings. The monoisotopic (exact) mass is 361 g/mol. The van der Waals surface area contributed by atoms with Crippen molar-refractivity contribution < 1.29 is 14.4 Å². The van der Waals surface area contributed by atoms with E-state index in [0.717, 1.165) is 24.4 Å². The molecule has 0 atom stereocenters. The number of thiophene rings is 1. The molecule has 0 aliphatic carbocycles. The predicted octanol–water partition coefficient (Wildman–Crippen LogP) is 1.84. The summed E-state index contributed by atoms with van der Waals surface area (Å²) < 4.78 is 2.11. The molecule has 6 nitrogen and oxygen atoms in total. The van der Waals surface area contributed by atoms with Gasteiger partial charge in [-0.25, -0.2) is 0 Å². The van der Waals surface area contributed by atoms with Crippen molar-refractivity contribution in [3.63, 3.8) is 0 Å². The molecule has 134 valence electrons. The van der Waals surface area contributed by atoms with Gasteiger partial charge in [0.25, 0.3) is 0 Å². The second kappa shape index (κ2) is 8.62. The number of ketones is 1. The van der Waals surface area contributed by atoms with Crippen molar-refractivity contribution in [2.75, 3.05) is 13.1 Å². The smallest absolute Gasteiger partial charge is 0.309 e. The van der Waals surface area contributed by atoms with Crippen LogP contribution in [0.2, 0.25) is 0 Å². The zero-order chi connectivity index (χ0) is 18.4. The maximum Gasteiger partial charge on any atom is 0.309 e. The summed E-state index contributed by atoms with van der Waals surface area (Å²) in [5, 5.41) is 6.82. The van der Waals surface area contributed by atoms with Crippen molar-refractivity contribution >= 4 is 28.9 Å². The molecule has 0 spiro atoms. The lowest BCUT2D eigenvalue weighted by Gasteiger charge is -2.09. The van der Waals surface area contributed by atoms with Gasteiger partial charge >= 0.3 is 11.8 Å². The Morgan fingerprint density at radius 2 is 1.88 bits per heavy atom. The lowest BCUT2D eigenvalue weighted by Crippen LogP contribution is -2.41. The van der Waals surface area contributed by atoms with Crippen LogP contribution in [0.4, 0.5) is 0 Å². The van der Waals surface area contributed by atoms with Crippen molar-refractivity contribution in [1.29, 1.82) is 0 Å². The molecule has 0 aromatic carbocycles. The molecule has 0 saturated heterocycles. The Balaban J connectivity index is 1.99. The maximum absolute atomic E-state index is 12.4. The van der Waals surface area contributed by atoms with E-state index in [2.05, 4.69) is 26.6 Å². The topological polar surface area (TPSA) is 80.2 Å². The lowest BCUT2D eigenvalue weighted by molar-refractivity contribution is -0.139. The van der Waals surface area contributed by atoms with E-state index in [-0.39, 0.29) is 12.3 Å². The van der Waals surface area contributed by atoms with E-state index in [1.54, 1.807) is 18.3 Å². The summed E-state index contributed by atoms with van der Waals surface area (Å²) in [6.45, 7) is 6.57. The van der Waals surface area contributed by atoms with Crippen LogP contribution in [-0.4, -0.2) is 35.3 Å². The number of hydrogen-bond acceptors (Lipinski definition) is 4. The van der Waals surface area contributed by atoms with Gasteiger partial charge in [-0.05, 0) is 44.7 Å². The highest BCUT2D eigenvalue weighted by molar-refractivity contribution is 7.09. The van der Waals surface area contributed by atoms with Crippen molar-refractivity contribution in [1.82, 2.24) is 15.2 Å². The first-order valence-corrected chi connectivity index (χ1v) is 9.10. The molecule has 2 aromatic heterocycles. The molecule has 25 heavy (non-hydrogen) atoms. The summed E-state index contributed by atoms with van der Waals surface area (Å²) in [6, 6.07) is 5.97. The highest BCUT2D eigenvalue weighted by Crippen LogP contribution is 2.18. The summed E-state index contributed by atoms with van der Waals surface area (Å²) in [7, 11) is 0. The normalized spacial score (nSPS) is 10.5. The number of rotatable bonds is 7. The van der Waals surface area contributed by atoms with Crippen LogP contribution in [0, 0.1) is 13.8 Å². The summed E-state index contributed by atoms with van der Waals surface area (Å²) in [5.74, 6) is -1.72. The Labute approximate surface area is 151 Å².